The minimum absolute atomic E-state index is 0.0253. The molecule has 3 heteroatoms. The molecule has 0 saturated heterocycles. The van der Waals surface area contributed by atoms with Gasteiger partial charge >= 0.3 is 0 Å². The predicted molar refractivity (Wildman–Crippen MR) is 103 cm³/mol. The maximum atomic E-state index is 10.8. The number of rotatable bonds is 2. The zero-order valence-electron chi connectivity index (χ0n) is 16.2. The lowest BCUT2D eigenvalue weighted by atomic mass is 9.79. The van der Waals surface area contributed by atoms with E-state index in [0.29, 0.717) is 5.75 Å². The van der Waals surface area contributed by atoms with E-state index in [1.807, 2.05) is 6.21 Å². The molecule has 1 aliphatic rings. The average molecular weight is 331 g/mol. The summed E-state index contributed by atoms with van der Waals surface area (Å²) in [4.78, 5) is 4.73. The Kier molecular flexibility index (Phi) is 5.44. The van der Waals surface area contributed by atoms with Crippen molar-refractivity contribution in [3.05, 3.63) is 28.8 Å². The maximum absolute atomic E-state index is 10.8. The summed E-state index contributed by atoms with van der Waals surface area (Å²) < 4.78 is 0. The van der Waals surface area contributed by atoms with E-state index in [0.717, 1.165) is 24.0 Å². The standard InChI is InChI=1S/C21H34N2O/c1-20(2,3)15-11-14(19(24)16(12-15)21(4,5)6)13-23-18-10-8-7-9-17(18)22/h11-13,17-18,24H,7-10,22H2,1-6H3/b23-13+/t17?,18-/m0/s1. The fourth-order valence-corrected chi connectivity index (χ4v) is 3.26. The highest BCUT2D eigenvalue weighted by Crippen LogP contribution is 2.37. The molecule has 24 heavy (non-hydrogen) atoms. The molecule has 0 heterocycles. The molecule has 2 rings (SSSR count). The Morgan fingerprint density at radius 2 is 1.67 bits per heavy atom. The summed E-state index contributed by atoms with van der Waals surface area (Å²) >= 11 is 0. The highest BCUT2D eigenvalue weighted by molar-refractivity contribution is 5.85. The Morgan fingerprint density at radius 1 is 1.04 bits per heavy atom. The molecule has 3 nitrogen and oxygen atoms in total. The van der Waals surface area contributed by atoms with Crippen LogP contribution in [-0.4, -0.2) is 23.4 Å². The van der Waals surface area contributed by atoms with E-state index in [1.165, 1.54) is 18.4 Å². The van der Waals surface area contributed by atoms with Crippen LogP contribution in [0.5, 0.6) is 5.75 Å². The van der Waals surface area contributed by atoms with E-state index < -0.39 is 0 Å². The van der Waals surface area contributed by atoms with E-state index in [1.54, 1.807) is 0 Å². The van der Waals surface area contributed by atoms with Gasteiger partial charge in [0.2, 0.25) is 0 Å². The maximum Gasteiger partial charge on any atom is 0.128 e. The summed E-state index contributed by atoms with van der Waals surface area (Å²) in [6.45, 7) is 13.0. The number of hydrogen-bond acceptors (Lipinski definition) is 3. The van der Waals surface area contributed by atoms with Gasteiger partial charge in [0.15, 0.2) is 0 Å². The monoisotopic (exact) mass is 330 g/mol. The zero-order chi connectivity index (χ0) is 18.1. The Labute approximate surface area is 147 Å². The van der Waals surface area contributed by atoms with Crippen molar-refractivity contribution < 1.29 is 5.11 Å². The van der Waals surface area contributed by atoms with Crippen molar-refractivity contribution in [3.8, 4) is 5.75 Å². The van der Waals surface area contributed by atoms with E-state index in [2.05, 4.69) is 53.7 Å². The van der Waals surface area contributed by atoms with E-state index >= 15 is 0 Å². The van der Waals surface area contributed by atoms with Gasteiger partial charge in [-0.1, -0.05) is 60.5 Å². The molecular formula is C21H34N2O. The molecule has 1 fully saturated rings. The zero-order valence-corrected chi connectivity index (χ0v) is 16.2. The van der Waals surface area contributed by atoms with Gasteiger partial charge in [-0.25, -0.2) is 0 Å². The first-order valence-corrected chi connectivity index (χ1v) is 9.17. The molecule has 0 radical (unpaired) electrons. The lowest BCUT2D eigenvalue weighted by Crippen LogP contribution is -2.36. The smallest absolute Gasteiger partial charge is 0.128 e. The van der Waals surface area contributed by atoms with E-state index in [9.17, 15) is 5.11 Å². The average Bonchev–Trinajstić information content (AvgIpc) is 2.45. The third kappa shape index (κ3) is 4.38. The third-order valence-corrected chi connectivity index (χ3v) is 5.00. The Bertz CT molecular complexity index is 605. The summed E-state index contributed by atoms with van der Waals surface area (Å²) in [5, 5.41) is 10.8. The van der Waals surface area contributed by atoms with Crippen LogP contribution >= 0.6 is 0 Å². The van der Waals surface area contributed by atoms with Gasteiger partial charge in [-0.3, -0.25) is 4.99 Å². The Balaban J connectivity index is 2.44. The summed E-state index contributed by atoms with van der Waals surface area (Å²) in [5.74, 6) is 0.351. The van der Waals surface area contributed by atoms with Gasteiger partial charge in [0.1, 0.15) is 5.75 Å². The Hall–Kier alpha value is -1.35. The minimum Gasteiger partial charge on any atom is -0.507 e. The van der Waals surface area contributed by atoms with Crippen LogP contribution in [-0.2, 0) is 10.8 Å². The second-order valence-corrected chi connectivity index (χ2v) is 9.26. The number of phenols is 1. The number of hydrogen-bond donors (Lipinski definition) is 2. The second-order valence-electron chi connectivity index (χ2n) is 9.26. The lowest BCUT2D eigenvalue weighted by Gasteiger charge is -2.27. The van der Waals surface area contributed by atoms with Crippen molar-refractivity contribution in [3.63, 3.8) is 0 Å². The number of phenolic OH excluding ortho intramolecular Hbond substituents is 1. The van der Waals surface area contributed by atoms with Gasteiger partial charge in [-0.05, 0) is 35.3 Å². The van der Waals surface area contributed by atoms with Crippen molar-refractivity contribution in [1.82, 2.24) is 0 Å². The van der Waals surface area contributed by atoms with Gasteiger partial charge < -0.3 is 10.8 Å². The van der Waals surface area contributed by atoms with Crippen LogP contribution in [0.4, 0.5) is 0 Å². The molecule has 0 bridgehead atoms. The second kappa shape index (κ2) is 6.87. The van der Waals surface area contributed by atoms with Crippen LogP contribution in [0, 0.1) is 0 Å². The summed E-state index contributed by atoms with van der Waals surface area (Å²) in [5.41, 5.74) is 9.12. The van der Waals surface area contributed by atoms with Gasteiger partial charge in [0.05, 0.1) is 6.04 Å². The summed E-state index contributed by atoms with van der Waals surface area (Å²) in [6, 6.07) is 4.53. The molecule has 1 unspecified atom stereocenters. The van der Waals surface area contributed by atoms with Gasteiger partial charge in [0.25, 0.3) is 0 Å². The van der Waals surface area contributed by atoms with Crippen molar-refractivity contribution in [2.24, 2.45) is 10.7 Å². The molecule has 0 spiro atoms. The first kappa shape index (κ1) is 19.0. The molecule has 1 saturated carbocycles. The number of benzene rings is 1. The van der Waals surface area contributed by atoms with Crippen molar-refractivity contribution in [2.45, 2.75) is 90.1 Å². The molecule has 2 atom stereocenters. The number of aliphatic imine (C=N–C) groups is 1. The predicted octanol–water partition coefficient (Wildman–Crippen LogP) is 4.68. The van der Waals surface area contributed by atoms with Crippen LogP contribution in [0.1, 0.15) is 83.9 Å². The van der Waals surface area contributed by atoms with E-state index in [-0.39, 0.29) is 22.9 Å². The van der Waals surface area contributed by atoms with Crippen LogP contribution in [0.15, 0.2) is 17.1 Å². The fraction of sp³-hybridized carbons (Fsp3) is 0.667. The molecule has 3 N–H and O–H groups in total. The highest BCUT2D eigenvalue weighted by atomic mass is 16.3. The first-order valence-electron chi connectivity index (χ1n) is 9.17. The molecular weight excluding hydrogens is 296 g/mol. The molecule has 0 aliphatic heterocycles. The largest absolute Gasteiger partial charge is 0.507 e. The van der Waals surface area contributed by atoms with E-state index in [4.69, 9.17) is 10.7 Å². The molecule has 1 aliphatic carbocycles. The topological polar surface area (TPSA) is 58.6 Å². The number of nitrogens with two attached hydrogens (primary N) is 1. The molecule has 1 aromatic carbocycles. The molecule has 134 valence electrons. The van der Waals surface area contributed by atoms with Gasteiger partial charge in [0, 0.05) is 23.4 Å². The molecule has 1 aromatic rings. The van der Waals surface area contributed by atoms with Crippen molar-refractivity contribution in [1.29, 1.82) is 0 Å². The van der Waals surface area contributed by atoms with Gasteiger partial charge in [-0.2, -0.15) is 0 Å². The molecule has 0 amide bonds. The van der Waals surface area contributed by atoms with Gasteiger partial charge in [-0.15, -0.1) is 0 Å². The molecule has 0 aromatic heterocycles. The normalized spacial score (nSPS) is 23.0. The fourth-order valence-electron chi connectivity index (χ4n) is 3.26. The summed E-state index contributed by atoms with van der Waals surface area (Å²) in [7, 11) is 0. The SMILES string of the molecule is CC(C)(C)c1cc(/C=N/[C@H]2CCCCC2N)c(O)c(C(C)(C)C)c1. The van der Waals surface area contributed by atoms with Crippen LogP contribution in [0.25, 0.3) is 0 Å². The minimum atomic E-state index is -0.116. The third-order valence-electron chi connectivity index (χ3n) is 5.00. The van der Waals surface area contributed by atoms with Crippen molar-refractivity contribution in [2.75, 3.05) is 0 Å². The van der Waals surface area contributed by atoms with Crippen LogP contribution in [0.3, 0.4) is 0 Å². The number of aromatic hydroxyl groups is 1. The van der Waals surface area contributed by atoms with Crippen LogP contribution in [0.2, 0.25) is 0 Å². The first-order chi connectivity index (χ1) is 11.0. The van der Waals surface area contributed by atoms with Crippen molar-refractivity contribution >= 4 is 6.21 Å². The highest BCUT2D eigenvalue weighted by Gasteiger charge is 2.25. The quantitative estimate of drug-likeness (QED) is 0.774. The Morgan fingerprint density at radius 3 is 2.21 bits per heavy atom. The number of nitrogens with zero attached hydrogens (tertiary/aromatic N) is 1. The van der Waals surface area contributed by atoms with Crippen LogP contribution < -0.4 is 5.73 Å². The lowest BCUT2D eigenvalue weighted by molar-refractivity contribution is 0.387. The summed E-state index contributed by atoms with van der Waals surface area (Å²) in [6.07, 6.45) is 6.32.